The van der Waals surface area contributed by atoms with Crippen molar-refractivity contribution in [1.82, 2.24) is 10.2 Å². The predicted molar refractivity (Wildman–Crippen MR) is 117 cm³/mol. The molecule has 6 nitrogen and oxygen atoms in total. The molecule has 1 aliphatic rings. The highest BCUT2D eigenvalue weighted by Crippen LogP contribution is 2.24. The van der Waals surface area contributed by atoms with Crippen LogP contribution in [0.3, 0.4) is 0 Å². The molecule has 0 radical (unpaired) electrons. The van der Waals surface area contributed by atoms with Crippen molar-refractivity contribution in [2.45, 2.75) is 25.8 Å². The molecule has 30 heavy (non-hydrogen) atoms. The monoisotopic (exact) mass is 412 g/mol. The minimum atomic E-state index is 0.0442. The highest BCUT2D eigenvalue weighted by Gasteiger charge is 2.23. The zero-order valence-corrected chi connectivity index (χ0v) is 18.1. The third-order valence-corrected chi connectivity index (χ3v) is 5.46. The average Bonchev–Trinajstić information content (AvgIpc) is 2.78. The molecule has 1 aliphatic heterocycles. The summed E-state index contributed by atoms with van der Waals surface area (Å²) in [6, 6.07) is 14.4. The molecule has 1 amide bonds. The van der Waals surface area contributed by atoms with Gasteiger partial charge in [-0.3, -0.25) is 9.69 Å². The molecule has 6 heteroatoms. The van der Waals surface area contributed by atoms with Crippen LogP contribution in [0.15, 0.2) is 42.5 Å². The van der Waals surface area contributed by atoms with Gasteiger partial charge in [0.05, 0.1) is 33.5 Å². The first kappa shape index (κ1) is 22.1. The van der Waals surface area contributed by atoms with Gasteiger partial charge in [0, 0.05) is 32.1 Å². The van der Waals surface area contributed by atoms with E-state index in [4.69, 9.17) is 14.2 Å². The van der Waals surface area contributed by atoms with Gasteiger partial charge in [0.15, 0.2) is 0 Å². The van der Waals surface area contributed by atoms with Gasteiger partial charge in [0.25, 0.3) is 0 Å². The Bertz CT molecular complexity index is 811. The Balaban J connectivity index is 1.60. The van der Waals surface area contributed by atoms with Crippen molar-refractivity contribution in [3.05, 3.63) is 59.2 Å². The first-order valence-electron chi connectivity index (χ1n) is 10.5. The van der Waals surface area contributed by atoms with Gasteiger partial charge in [-0.1, -0.05) is 29.8 Å². The Labute approximate surface area is 179 Å². The number of morpholine rings is 1. The second-order valence-electron chi connectivity index (χ2n) is 7.60. The van der Waals surface area contributed by atoms with Gasteiger partial charge >= 0.3 is 0 Å². The zero-order valence-electron chi connectivity index (χ0n) is 18.1. The van der Waals surface area contributed by atoms with Crippen LogP contribution in [0.1, 0.15) is 29.2 Å². The van der Waals surface area contributed by atoms with E-state index < -0.39 is 0 Å². The summed E-state index contributed by atoms with van der Waals surface area (Å²) in [5.41, 5.74) is 3.48. The van der Waals surface area contributed by atoms with Crippen LogP contribution in [0.4, 0.5) is 0 Å². The summed E-state index contributed by atoms with van der Waals surface area (Å²) in [6.07, 6.45) is 1.05. The van der Waals surface area contributed by atoms with Crippen LogP contribution in [0.2, 0.25) is 0 Å². The molecule has 2 aromatic rings. The Morgan fingerprint density at radius 2 is 1.80 bits per heavy atom. The largest absolute Gasteiger partial charge is 0.497 e. The summed E-state index contributed by atoms with van der Waals surface area (Å²) in [4.78, 5) is 15.0. The number of benzene rings is 2. The van der Waals surface area contributed by atoms with Crippen LogP contribution < -0.4 is 14.8 Å². The van der Waals surface area contributed by atoms with Crippen LogP contribution in [0.5, 0.6) is 11.5 Å². The summed E-state index contributed by atoms with van der Waals surface area (Å²) in [5, 5.41) is 3.14. The highest BCUT2D eigenvalue weighted by molar-refractivity contribution is 5.76. The number of ether oxygens (including phenoxy) is 3. The molecule has 0 saturated carbocycles. The van der Waals surface area contributed by atoms with E-state index in [1.54, 1.807) is 14.2 Å². The van der Waals surface area contributed by atoms with Gasteiger partial charge < -0.3 is 19.5 Å². The van der Waals surface area contributed by atoms with Crippen molar-refractivity contribution in [2.24, 2.45) is 0 Å². The van der Waals surface area contributed by atoms with E-state index >= 15 is 0 Å². The van der Waals surface area contributed by atoms with Crippen LogP contribution in [-0.4, -0.2) is 57.9 Å². The first-order chi connectivity index (χ1) is 14.6. The molecule has 162 valence electrons. The van der Waals surface area contributed by atoms with Crippen LogP contribution in [-0.2, 0) is 16.0 Å². The standard InChI is InChI=1S/C24H32N2O4/c1-18-5-4-6-20(13-18)23(26-9-11-30-12-10-26)17-25-24(27)8-7-19-14-21(28-2)16-22(15-19)29-3/h4-6,13-16,23H,7-12,17H2,1-3H3,(H,25,27). The summed E-state index contributed by atoms with van der Waals surface area (Å²) in [6.45, 7) is 5.89. The number of hydrogen-bond acceptors (Lipinski definition) is 5. The lowest BCUT2D eigenvalue weighted by Crippen LogP contribution is -2.43. The fraction of sp³-hybridized carbons (Fsp3) is 0.458. The Kier molecular flexibility index (Phi) is 8.11. The Morgan fingerprint density at radius 3 is 2.43 bits per heavy atom. The molecule has 0 spiro atoms. The molecule has 1 fully saturated rings. The fourth-order valence-corrected chi connectivity index (χ4v) is 3.79. The molecule has 0 aliphatic carbocycles. The number of nitrogens with zero attached hydrogens (tertiary/aromatic N) is 1. The Morgan fingerprint density at radius 1 is 1.10 bits per heavy atom. The molecule has 0 aromatic heterocycles. The van der Waals surface area contributed by atoms with E-state index in [0.29, 0.717) is 19.4 Å². The lowest BCUT2D eigenvalue weighted by Gasteiger charge is -2.35. The molecule has 1 heterocycles. The minimum Gasteiger partial charge on any atom is -0.497 e. The number of nitrogens with one attached hydrogen (secondary N) is 1. The predicted octanol–water partition coefficient (Wildman–Crippen LogP) is 3.13. The van der Waals surface area contributed by atoms with Crippen molar-refractivity contribution in [1.29, 1.82) is 0 Å². The second kappa shape index (κ2) is 11.0. The number of hydrogen-bond donors (Lipinski definition) is 1. The molecule has 1 unspecified atom stereocenters. The van der Waals surface area contributed by atoms with Crippen molar-refractivity contribution < 1.29 is 19.0 Å². The number of aryl methyl sites for hydroxylation is 2. The van der Waals surface area contributed by atoms with Gasteiger partial charge in [-0.15, -0.1) is 0 Å². The average molecular weight is 413 g/mol. The number of carbonyl (C=O) groups is 1. The topological polar surface area (TPSA) is 60.0 Å². The van der Waals surface area contributed by atoms with Crippen LogP contribution in [0, 0.1) is 6.92 Å². The van der Waals surface area contributed by atoms with E-state index in [-0.39, 0.29) is 11.9 Å². The van der Waals surface area contributed by atoms with E-state index in [1.807, 2.05) is 18.2 Å². The van der Waals surface area contributed by atoms with Crippen LogP contribution >= 0.6 is 0 Å². The lowest BCUT2D eigenvalue weighted by atomic mass is 10.0. The second-order valence-corrected chi connectivity index (χ2v) is 7.60. The SMILES string of the molecule is COc1cc(CCC(=O)NCC(c2cccc(C)c2)N2CCOCC2)cc(OC)c1. The van der Waals surface area contributed by atoms with Gasteiger partial charge in [-0.05, 0) is 36.6 Å². The summed E-state index contributed by atoms with van der Waals surface area (Å²) in [7, 11) is 3.25. The summed E-state index contributed by atoms with van der Waals surface area (Å²) >= 11 is 0. The Hall–Kier alpha value is -2.57. The first-order valence-corrected chi connectivity index (χ1v) is 10.5. The smallest absolute Gasteiger partial charge is 0.220 e. The third-order valence-electron chi connectivity index (χ3n) is 5.46. The molecule has 1 N–H and O–H groups in total. The number of carbonyl (C=O) groups excluding carboxylic acids is 1. The minimum absolute atomic E-state index is 0.0442. The number of methoxy groups -OCH3 is 2. The van der Waals surface area contributed by atoms with E-state index in [1.165, 1.54) is 11.1 Å². The van der Waals surface area contributed by atoms with Crippen LogP contribution in [0.25, 0.3) is 0 Å². The quantitative estimate of drug-likeness (QED) is 0.686. The molecular weight excluding hydrogens is 380 g/mol. The number of amides is 1. The van der Waals surface area contributed by atoms with Gasteiger partial charge in [0.2, 0.25) is 5.91 Å². The lowest BCUT2D eigenvalue weighted by molar-refractivity contribution is -0.121. The molecule has 1 atom stereocenters. The van der Waals surface area contributed by atoms with Crippen molar-refractivity contribution in [3.8, 4) is 11.5 Å². The molecule has 2 aromatic carbocycles. The van der Waals surface area contributed by atoms with E-state index in [9.17, 15) is 4.79 Å². The van der Waals surface area contributed by atoms with Gasteiger partial charge in [-0.2, -0.15) is 0 Å². The maximum absolute atomic E-state index is 12.6. The maximum atomic E-state index is 12.6. The van der Waals surface area contributed by atoms with E-state index in [0.717, 1.165) is 43.4 Å². The maximum Gasteiger partial charge on any atom is 0.220 e. The van der Waals surface area contributed by atoms with Crippen molar-refractivity contribution in [3.63, 3.8) is 0 Å². The van der Waals surface area contributed by atoms with Crippen molar-refractivity contribution >= 4 is 5.91 Å². The zero-order chi connectivity index (χ0) is 21.3. The molecule has 3 rings (SSSR count). The summed E-state index contributed by atoms with van der Waals surface area (Å²) in [5.74, 6) is 1.51. The van der Waals surface area contributed by atoms with E-state index in [2.05, 4.69) is 41.4 Å². The normalized spacial score (nSPS) is 15.4. The van der Waals surface area contributed by atoms with Crippen molar-refractivity contribution in [2.75, 3.05) is 47.1 Å². The fourth-order valence-electron chi connectivity index (χ4n) is 3.79. The molecule has 1 saturated heterocycles. The highest BCUT2D eigenvalue weighted by atomic mass is 16.5. The number of rotatable bonds is 9. The van der Waals surface area contributed by atoms with Gasteiger partial charge in [0.1, 0.15) is 11.5 Å². The molecule has 0 bridgehead atoms. The summed E-state index contributed by atoms with van der Waals surface area (Å²) < 4.78 is 16.1. The van der Waals surface area contributed by atoms with Gasteiger partial charge in [-0.25, -0.2) is 0 Å². The third kappa shape index (κ3) is 6.21. The molecular formula is C24H32N2O4.